The molecule has 2 amide bonds. The predicted molar refractivity (Wildman–Crippen MR) is 139 cm³/mol. The third-order valence-corrected chi connectivity index (χ3v) is 6.19. The van der Waals surface area contributed by atoms with Gasteiger partial charge < -0.3 is 24.5 Å². The van der Waals surface area contributed by atoms with E-state index in [1.807, 2.05) is 20.8 Å². The number of hydrogen-bond donors (Lipinski definition) is 2. The number of ether oxygens (including phenoxy) is 1. The van der Waals surface area contributed by atoms with Gasteiger partial charge >= 0.3 is 5.97 Å². The number of nitrogens with zero attached hydrogens (tertiary/aromatic N) is 2. The number of nitrogens with one attached hydrogen (secondary N) is 1. The molecule has 2 N–H and O–H groups in total. The number of hydrogen-bond acceptors (Lipinski definition) is 8. The molecule has 2 aliphatic rings. The van der Waals surface area contributed by atoms with Crippen molar-refractivity contribution in [2.24, 2.45) is 11.8 Å². The quantitative estimate of drug-likeness (QED) is 0.534. The van der Waals surface area contributed by atoms with Gasteiger partial charge in [-0.15, -0.1) is 0 Å². The summed E-state index contributed by atoms with van der Waals surface area (Å²) in [4.78, 5) is 56.3. The van der Waals surface area contributed by atoms with Gasteiger partial charge in [-0.1, -0.05) is 56.7 Å². The summed E-state index contributed by atoms with van der Waals surface area (Å²) in [6.07, 6.45) is 9.48. The molecular weight excluding hydrogens is 490 g/mol. The normalized spacial score (nSPS) is 25.4. The highest BCUT2D eigenvalue weighted by molar-refractivity contribution is 6.00. The van der Waals surface area contributed by atoms with E-state index in [0.29, 0.717) is 6.42 Å². The number of amides is 2. The van der Waals surface area contributed by atoms with Crippen molar-refractivity contribution in [3.63, 3.8) is 0 Å². The van der Waals surface area contributed by atoms with Crippen LogP contribution in [0.15, 0.2) is 58.4 Å². The standard InChI is InChI=1S/C28H35N3O7/c1-17(2)26-19(4)9-10-24(34)29-11-5-7-18(3)13-20(32)14-21(33)15-25-30-22(16-37-25)27(35)31-12-6-8-23(31)28(36)38-26/h5,7-10,13,16-17,19-20,26,32H,6,11-12,14-15H2,1-4H3,(H,29,34)/b7-5?,10-9-,18-13?/t19-,20-,26-/m1/s1. The van der Waals surface area contributed by atoms with Crippen LogP contribution >= 0.6 is 0 Å². The molecule has 0 saturated heterocycles. The lowest BCUT2D eigenvalue weighted by molar-refractivity contribution is -0.149. The van der Waals surface area contributed by atoms with Crippen LogP contribution in [-0.2, 0) is 25.5 Å². The third kappa shape index (κ3) is 7.85. The molecule has 3 atom stereocenters. The fraction of sp³-hybridized carbons (Fsp3) is 0.464. The third-order valence-electron chi connectivity index (χ3n) is 6.19. The Morgan fingerprint density at radius 3 is 2.68 bits per heavy atom. The maximum absolute atomic E-state index is 13.1. The summed E-state index contributed by atoms with van der Waals surface area (Å²) in [5, 5.41) is 13.0. The molecule has 0 fully saturated rings. The summed E-state index contributed by atoms with van der Waals surface area (Å²) in [6.45, 7) is 8.00. The Hall–Kier alpha value is -3.79. The first-order valence-corrected chi connectivity index (χ1v) is 12.7. The summed E-state index contributed by atoms with van der Waals surface area (Å²) < 4.78 is 11.1. The number of carbonyl (C=O) groups is 4. The average molecular weight is 526 g/mol. The number of fused-ring (bicyclic) bond motifs is 3. The monoisotopic (exact) mass is 525 g/mol. The lowest BCUT2D eigenvalue weighted by Gasteiger charge is -2.27. The maximum atomic E-state index is 13.1. The summed E-state index contributed by atoms with van der Waals surface area (Å²) in [5.41, 5.74) is 0.809. The fourth-order valence-corrected chi connectivity index (χ4v) is 4.33. The molecule has 0 radical (unpaired) electrons. The van der Waals surface area contributed by atoms with Crippen LogP contribution < -0.4 is 5.32 Å². The number of Topliss-reactive ketones (excluding diaryl/α,β-unsaturated/α-hetero) is 1. The van der Waals surface area contributed by atoms with Crippen molar-refractivity contribution in [2.75, 3.05) is 13.1 Å². The highest BCUT2D eigenvalue weighted by Gasteiger charge is 2.33. The van der Waals surface area contributed by atoms with Crippen molar-refractivity contribution in [3.05, 3.63) is 65.6 Å². The van der Waals surface area contributed by atoms with Crippen LogP contribution in [0.4, 0.5) is 0 Å². The van der Waals surface area contributed by atoms with E-state index in [-0.39, 0.29) is 66.7 Å². The maximum Gasteiger partial charge on any atom is 0.355 e. The molecule has 3 rings (SSSR count). The smallest absolute Gasteiger partial charge is 0.355 e. The Labute approximate surface area is 222 Å². The van der Waals surface area contributed by atoms with Crippen LogP contribution in [0.3, 0.4) is 0 Å². The van der Waals surface area contributed by atoms with Gasteiger partial charge in [-0.3, -0.25) is 14.4 Å². The number of esters is 1. The van der Waals surface area contributed by atoms with Crippen molar-refractivity contribution in [1.29, 1.82) is 0 Å². The molecule has 10 heteroatoms. The predicted octanol–water partition coefficient (Wildman–Crippen LogP) is 2.66. The van der Waals surface area contributed by atoms with Crippen molar-refractivity contribution in [3.8, 4) is 0 Å². The van der Waals surface area contributed by atoms with E-state index in [2.05, 4.69) is 10.3 Å². The molecule has 2 aliphatic heterocycles. The van der Waals surface area contributed by atoms with Gasteiger partial charge in [0, 0.05) is 25.4 Å². The summed E-state index contributed by atoms with van der Waals surface area (Å²) in [5.74, 6) is -2.07. The van der Waals surface area contributed by atoms with E-state index < -0.39 is 24.1 Å². The molecule has 2 bridgehead atoms. The van der Waals surface area contributed by atoms with E-state index in [1.165, 1.54) is 11.0 Å². The molecule has 0 spiro atoms. The van der Waals surface area contributed by atoms with Crippen molar-refractivity contribution in [2.45, 2.75) is 59.2 Å². The minimum Gasteiger partial charge on any atom is -0.457 e. The first kappa shape index (κ1) is 28.8. The summed E-state index contributed by atoms with van der Waals surface area (Å²) in [7, 11) is 0. The summed E-state index contributed by atoms with van der Waals surface area (Å²) >= 11 is 0. The van der Waals surface area contributed by atoms with Crippen LogP contribution in [0.5, 0.6) is 0 Å². The van der Waals surface area contributed by atoms with Crippen LogP contribution in [0.25, 0.3) is 0 Å². The molecule has 204 valence electrons. The van der Waals surface area contributed by atoms with Crippen molar-refractivity contribution < 1.29 is 33.4 Å². The van der Waals surface area contributed by atoms with Gasteiger partial charge in [-0.05, 0) is 25.3 Å². The number of allylic oxidation sites excluding steroid dienone is 2. The Morgan fingerprint density at radius 1 is 1.18 bits per heavy atom. The lowest BCUT2D eigenvalue weighted by atomic mass is 9.94. The van der Waals surface area contributed by atoms with Crippen molar-refractivity contribution >= 4 is 23.6 Å². The Balaban J connectivity index is 1.86. The highest BCUT2D eigenvalue weighted by Crippen LogP contribution is 2.24. The van der Waals surface area contributed by atoms with Crippen LogP contribution in [0, 0.1) is 11.8 Å². The van der Waals surface area contributed by atoms with Crippen LogP contribution in [0.1, 0.15) is 56.9 Å². The number of oxazole rings is 1. The van der Waals surface area contributed by atoms with Gasteiger partial charge in [0.05, 0.1) is 12.5 Å². The van der Waals surface area contributed by atoms with Gasteiger partial charge in [-0.2, -0.15) is 0 Å². The number of ketones is 1. The van der Waals surface area contributed by atoms with E-state index >= 15 is 0 Å². The number of aliphatic hydroxyl groups excluding tert-OH is 1. The summed E-state index contributed by atoms with van der Waals surface area (Å²) in [6, 6.07) is 0. The van der Waals surface area contributed by atoms with E-state index in [9.17, 15) is 24.3 Å². The molecular formula is C28H35N3O7. The zero-order chi connectivity index (χ0) is 27.8. The van der Waals surface area contributed by atoms with Gasteiger partial charge in [0.1, 0.15) is 23.8 Å². The molecule has 0 unspecified atom stereocenters. The second kappa shape index (κ2) is 13.1. The zero-order valence-corrected chi connectivity index (χ0v) is 22.2. The van der Waals surface area contributed by atoms with E-state index in [4.69, 9.17) is 9.15 Å². The van der Waals surface area contributed by atoms with Crippen LogP contribution in [-0.4, -0.2) is 63.9 Å². The average Bonchev–Trinajstić information content (AvgIpc) is 3.52. The topological polar surface area (TPSA) is 139 Å². The highest BCUT2D eigenvalue weighted by atomic mass is 16.5. The molecule has 3 heterocycles. The second-order valence-electron chi connectivity index (χ2n) is 9.84. The van der Waals surface area contributed by atoms with Gasteiger partial charge in [0.2, 0.25) is 11.8 Å². The molecule has 0 aliphatic carbocycles. The largest absolute Gasteiger partial charge is 0.457 e. The van der Waals surface area contributed by atoms with Crippen molar-refractivity contribution in [1.82, 2.24) is 15.2 Å². The minimum atomic E-state index is -1.01. The molecule has 0 aromatic carbocycles. The van der Waals surface area contributed by atoms with Gasteiger partial charge in [-0.25, -0.2) is 9.78 Å². The number of cyclic esters (lactones) is 1. The Kier molecular flexibility index (Phi) is 9.95. The molecule has 1 aromatic heterocycles. The molecule has 0 saturated carbocycles. The minimum absolute atomic E-state index is 0.0315. The number of carbonyl (C=O) groups excluding carboxylic acids is 4. The Bertz CT molecular complexity index is 1170. The SMILES string of the molecule is CC1=C[C@@H](O)CC(=O)Cc2nc(co2)C(=O)N2CCC=C2C(=O)O[C@H](C(C)C)[C@H](C)/C=C\C(=O)NCC=C1. The van der Waals surface area contributed by atoms with E-state index in [0.717, 1.165) is 11.8 Å². The van der Waals surface area contributed by atoms with Crippen LogP contribution in [0.2, 0.25) is 0 Å². The first-order valence-electron chi connectivity index (χ1n) is 12.7. The second-order valence-corrected chi connectivity index (χ2v) is 9.84. The molecule has 38 heavy (non-hydrogen) atoms. The molecule has 1 aromatic rings. The molecule has 10 nitrogen and oxygen atoms in total. The number of aliphatic hydroxyl groups is 1. The fourth-order valence-electron chi connectivity index (χ4n) is 4.33. The van der Waals surface area contributed by atoms with Gasteiger partial charge in [0.15, 0.2) is 5.69 Å². The first-order chi connectivity index (χ1) is 18.0. The lowest BCUT2D eigenvalue weighted by Crippen LogP contribution is -2.36. The van der Waals surface area contributed by atoms with E-state index in [1.54, 1.807) is 37.3 Å². The Morgan fingerprint density at radius 2 is 1.95 bits per heavy atom. The number of aromatic nitrogens is 1. The zero-order valence-electron chi connectivity index (χ0n) is 22.2. The number of rotatable bonds is 1. The van der Waals surface area contributed by atoms with Gasteiger partial charge in [0.25, 0.3) is 5.91 Å².